The number of hydrogen-bond donors (Lipinski definition) is 0. The van der Waals surface area contributed by atoms with Gasteiger partial charge in [-0.3, -0.25) is 0 Å². The Morgan fingerprint density at radius 1 is 0.955 bits per heavy atom. The molecule has 0 saturated heterocycles. The molecule has 0 aromatic rings. The molecule has 6 nitrogen and oxygen atoms in total. The molecule has 0 aromatic carbocycles. The van der Waals surface area contributed by atoms with Crippen molar-refractivity contribution in [1.29, 1.82) is 0 Å². The van der Waals surface area contributed by atoms with Crippen molar-refractivity contribution in [3.8, 4) is 0 Å². The quantitative estimate of drug-likeness (QED) is 0.557. The first-order valence-electron chi connectivity index (χ1n) is 6.87. The minimum atomic E-state index is -0.928. The van der Waals surface area contributed by atoms with Gasteiger partial charge in [0.25, 0.3) is 0 Å². The molecule has 0 amide bonds. The second-order valence-electron chi connectivity index (χ2n) is 6.18. The Kier molecular flexibility index (Phi) is 5.29. The van der Waals surface area contributed by atoms with Crippen molar-refractivity contribution < 1.29 is 14.4 Å². The van der Waals surface area contributed by atoms with Crippen LogP contribution in [0.3, 0.4) is 0 Å². The first-order chi connectivity index (χ1) is 10.3. The Hall–Kier alpha value is -2.38. The van der Waals surface area contributed by atoms with Crippen molar-refractivity contribution in [1.82, 2.24) is 0 Å². The van der Waals surface area contributed by atoms with Gasteiger partial charge in [0, 0.05) is 11.3 Å². The summed E-state index contributed by atoms with van der Waals surface area (Å²) in [7, 11) is 0. The predicted octanol–water partition coefficient (Wildman–Crippen LogP) is 2.28. The van der Waals surface area contributed by atoms with E-state index in [1.54, 1.807) is 39.9 Å². The van der Waals surface area contributed by atoms with Crippen molar-refractivity contribution in [3.05, 3.63) is 24.3 Å². The zero-order valence-corrected chi connectivity index (χ0v) is 13.2. The normalized spacial score (nSPS) is 23.9. The second kappa shape index (κ2) is 6.59. The molecule has 0 aromatic heterocycles. The van der Waals surface area contributed by atoms with Gasteiger partial charge in [0.2, 0.25) is 18.2 Å². The fraction of sp³-hybridized carbons (Fsp3) is 0.562. The predicted molar refractivity (Wildman–Crippen MR) is 81.6 cm³/mol. The van der Waals surface area contributed by atoms with E-state index < -0.39 is 16.5 Å². The summed E-state index contributed by atoms with van der Waals surface area (Å²) in [6.45, 7) is 7.21. The zero-order chi connectivity index (χ0) is 16.9. The highest BCUT2D eigenvalue weighted by Gasteiger charge is 2.58. The van der Waals surface area contributed by atoms with Gasteiger partial charge in [-0.05, 0) is 27.7 Å². The van der Waals surface area contributed by atoms with E-state index in [2.05, 4.69) is 15.0 Å². The third kappa shape index (κ3) is 2.81. The minimum Gasteiger partial charge on any atom is -0.211 e. The van der Waals surface area contributed by atoms with E-state index in [-0.39, 0.29) is 12.5 Å². The van der Waals surface area contributed by atoms with Crippen molar-refractivity contribution >= 4 is 18.2 Å². The van der Waals surface area contributed by atoms with E-state index in [4.69, 9.17) is 0 Å². The summed E-state index contributed by atoms with van der Waals surface area (Å²) < 4.78 is 0. The maximum atomic E-state index is 10.9. The van der Waals surface area contributed by atoms with Crippen LogP contribution in [0.5, 0.6) is 0 Å². The van der Waals surface area contributed by atoms with Crippen LogP contribution in [0, 0.1) is 11.3 Å². The maximum absolute atomic E-state index is 10.9. The Morgan fingerprint density at radius 3 is 1.95 bits per heavy atom. The van der Waals surface area contributed by atoms with Crippen LogP contribution in [-0.4, -0.2) is 35.9 Å². The van der Waals surface area contributed by atoms with Crippen molar-refractivity contribution in [3.63, 3.8) is 0 Å². The van der Waals surface area contributed by atoms with Gasteiger partial charge in [-0.1, -0.05) is 24.3 Å². The molecule has 0 radical (unpaired) electrons. The van der Waals surface area contributed by atoms with Gasteiger partial charge in [-0.25, -0.2) is 19.4 Å². The van der Waals surface area contributed by atoms with E-state index in [0.29, 0.717) is 0 Å². The molecule has 0 bridgehead atoms. The van der Waals surface area contributed by atoms with Crippen molar-refractivity contribution in [2.45, 2.75) is 38.8 Å². The third-order valence-corrected chi connectivity index (χ3v) is 4.43. The number of rotatable bonds is 6. The summed E-state index contributed by atoms with van der Waals surface area (Å²) >= 11 is 0. The molecule has 0 N–H and O–H groups in total. The molecular weight excluding hydrogens is 282 g/mol. The molecule has 0 spiro atoms. The SMILES string of the molecule is CC(C)(N=C=O)C1(C(C)(C)N=C=O)C=CC=CC1CN=C=O. The van der Waals surface area contributed by atoms with Crippen molar-refractivity contribution in [2.24, 2.45) is 26.3 Å². The fourth-order valence-corrected chi connectivity index (χ4v) is 3.50. The lowest BCUT2D eigenvalue weighted by Gasteiger charge is -2.53. The molecule has 1 atom stereocenters. The minimum absolute atomic E-state index is 0.153. The molecule has 1 unspecified atom stereocenters. The fourth-order valence-electron chi connectivity index (χ4n) is 3.50. The average Bonchev–Trinajstić information content (AvgIpc) is 2.44. The van der Waals surface area contributed by atoms with Gasteiger partial charge in [0.1, 0.15) is 0 Å². The molecule has 0 saturated carbocycles. The second-order valence-corrected chi connectivity index (χ2v) is 6.18. The molecule has 0 fully saturated rings. The van der Waals surface area contributed by atoms with E-state index in [1.807, 2.05) is 24.3 Å². The Balaban J connectivity index is 3.67. The van der Waals surface area contributed by atoms with Gasteiger partial charge in [0.05, 0.1) is 17.6 Å². The standard InChI is InChI=1S/C16H19N3O3/c1-14(2,18-11-21)16(15(3,4)19-12-22)8-6-5-7-13(16)9-17-10-20/h5-8,13H,9H2,1-4H3. The average molecular weight is 301 g/mol. The summed E-state index contributed by atoms with van der Waals surface area (Å²) in [5.41, 5.74) is -2.71. The van der Waals surface area contributed by atoms with Gasteiger partial charge < -0.3 is 0 Å². The highest BCUT2D eigenvalue weighted by molar-refractivity contribution is 5.42. The highest BCUT2D eigenvalue weighted by Crippen LogP contribution is 2.54. The molecular formula is C16H19N3O3. The maximum Gasteiger partial charge on any atom is 0.235 e. The van der Waals surface area contributed by atoms with Crippen molar-refractivity contribution in [2.75, 3.05) is 6.54 Å². The van der Waals surface area contributed by atoms with Crippen LogP contribution < -0.4 is 0 Å². The van der Waals surface area contributed by atoms with Crippen LogP contribution in [0.1, 0.15) is 27.7 Å². The monoisotopic (exact) mass is 301 g/mol. The van der Waals surface area contributed by atoms with Crippen LogP contribution in [0.25, 0.3) is 0 Å². The summed E-state index contributed by atoms with van der Waals surface area (Å²) in [6, 6.07) is 0. The number of isocyanates is 3. The molecule has 1 aliphatic rings. The van der Waals surface area contributed by atoms with E-state index in [1.165, 1.54) is 6.08 Å². The molecule has 22 heavy (non-hydrogen) atoms. The Labute approximate surface area is 129 Å². The number of hydrogen-bond acceptors (Lipinski definition) is 6. The smallest absolute Gasteiger partial charge is 0.211 e. The molecule has 0 heterocycles. The van der Waals surface area contributed by atoms with Crippen LogP contribution in [-0.2, 0) is 14.4 Å². The topological polar surface area (TPSA) is 88.3 Å². The first kappa shape index (κ1) is 17.7. The lowest BCUT2D eigenvalue weighted by atomic mass is 9.53. The van der Waals surface area contributed by atoms with E-state index >= 15 is 0 Å². The first-order valence-corrected chi connectivity index (χ1v) is 6.87. The number of aliphatic imine (C=N–C) groups is 3. The number of nitrogens with zero attached hydrogens (tertiary/aromatic N) is 3. The Morgan fingerprint density at radius 2 is 1.50 bits per heavy atom. The van der Waals surface area contributed by atoms with Gasteiger partial charge in [-0.15, -0.1) is 0 Å². The number of allylic oxidation sites excluding steroid dienone is 2. The molecule has 116 valence electrons. The van der Waals surface area contributed by atoms with Gasteiger partial charge >= 0.3 is 0 Å². The highest BCUT2D eigenvalue weighted by atomic mass is 16.1. The molecule has 1 rings (SSSR count). The molecule has 0 aliphatic heterocycles. The van der Waals surface area contributed by atoms with E-state index in [0.717, 1.165) is 0 Å². The Bertz CT molecular complexity index is 597. The number of carbonyl (C=O) groups excluding carboxylic acids is 3. The van der Waals surface area contributed by atoms with E-state index in [9.17, 15) is 14.4 Å². The summed E-state index contributed by atoms with van der Waals surface area (Å²) in [5, 5.41) is 0. The summed E-state index contributed by atoms with van der Waals surface area (Å²) in [5.74, 6) is -0.293. The van der Waals surface area contributed by atoms with Crippen LogP contribution in [0.15, 0.2) is 39.3 Å². The molecule has 1 aliphatic carbocycles. The summed E-state index contributed by atoms with van der Waals surface area (Å²) in [6.07, 6.45) is 12.1. The lowest BCUT2D eigenvalue weighted by Crippen LogP contribution is -2.59. The van der Waals surface area contributed by atoms with Gasteiger partial charge in [-0.2, -0.15) is 9.98 Å². The van der Waals surface area contributed by atoms with Gasteiger partial charge in [0.15, 0.2) is 0 Å². The zero-order valence-electron chi connectivity index (χ0n) is 13.2. The summed E-state index contributed by atoms with van der Waals surface area (Å²) in [4.78, 5) is 43.8. The van der Waals surface area contributed by atoms with Crippen LogP contribution in [0.2, 0.25) is 0 Å². The third-order valence-electron chi connectivity index (χ3n) is 4.43. The van der Waals surface area contributed by atoms with Crippen LogP contribution in [0.4, 0.5) is 0 Å². The van der Waals surface area contributed by atoms with Crippen LogP contribution >= 0.6 is 0 Å². The lowest BCUT2D eigenvalue weighted by molar-refractivity contribution is 0.0704. The molecule has 6 heteroatoms. The largest absolute Gasteiger partial charge is 0.235 e.